The number of aliphatic hydroxyl groups is 6. The fourth-order valence-corrected chi connectivity index (χ4v) is 5.69. The third kappa shape index (κ3) is 8.98. The van der Waals surface area contributed by atoms with Crippen molar-refractivity contribution in [2.45, 2.75) is 87.3 Å². The molecule has 0 aromatic heterocycles. The Morgan fingerprint density at radius 3 is 2.15 bits per heavy atom. The van der Waals surface area contributed by atoms with Gasteiger partial charge in [-0.2, -0.15) is 0 Å². The van der Waals surface area contributed by atoms with Gasteiger partial charge in [0.25, 0.3) is 0 Å². The van der Waals surface area contributed by atoms with E-state index in [1.165, 1.54) is 17.3 Å². The van der Waals surface area contributed by atoms with E-state index in [2.05, 4.69) is 29.6 Å². The number of aryl methyl sites for hydroxylation is 2. The van der Waals surface area contributed by atoms with Crippen molar-refractivity contribution < 1.29 is 40.2 Å². The van der Waals surface area contributed by atoms with Gasteiger partial charge >= 0.3 is 0 Å². The number of hydrogen-bond acceptors (Lipinski definition) is 9. The zero-order chi connectivity index (χ0) is 30.0. The van der Waals surface area contributed by atoms with Crippen molar-refractivity contribution in [3.8, 4) is 0 Å². The number of ether oxygens (including phenoxy) is 1. The largest absolute Gasteiger partial charge is 0.394 e. The predicted molar refractivity (Wildman–Crippen MR) is 158 cm³/mol. The van der Waals surface area contributed by atoms with Crippen molar-refractivity contribution in [2.24, 2.45) is 0 Å². The minimum atomic E-state index is -1.37. The predicted octanol–water partition coefficient (Wildman–Crippen LogP) is 1.75. The molecule has 1 aliphatic heterocycles. The van der Waals surface area contributed by atoms with Crippen molar-refractivity contribution >= 4 is 17.7 Å². The summed E-state index contributed by atoms with van der Waals surface area (Å²) in [6, 6.07) is 14.4. The summed E-state index contributed by atoms with van der Waals surface area (Å²) in [4.78, 5) is 12.1. The van der Waals surface area contributed by atoms with Crippen molar-refractivity contribution in [1.29, 1.82) is 0 Å². The van der Waals surface area contributed by atoms with Gasteiger partial charge in [0.2, 0.25) is 5.91 Å². The Morgan fingerprint density at radius 1 is 0.878 bits per heavy atom. The van der Waals surface area contributed by atoms with E-state index in [0.717, 1.165) is 47.9 Å². The molecular weight excluding hydrogens is 546 g/mol. The molecule has 41 heavy (non-hydrogen) atoms. The maximum Gasteiger partial charge on any atom is 0.220 e. The van der Waals surface area contributed by atoms with Crippen molar-refractivity contribution in [3.63, 3.8) is 0 Å². The monoisotopic (exact) mass is 591 g/mol. The third-order valence-electron chi connectivity index (χ3n) is 7.85. The van der Waals surface area contributed by atoms with Crippen LogP contribution in [0, 0.1) is 6.92 Å². The molecule has 0 spiro atoms. The van der Waals surface area contributed by atoms with Gasteiger partial charge in [0, 0.05) is 6.42 Å². The second kappa shape index (κ2) is 16.0. The summed E-state index contributed by atoms with van der Waals surface area (Å²) in [5.41, 5.74) is 3.40. The number of benzene rings is 2. The fraction of sp³-hybridized carbons (Fsp3) is 0.581. The van der Waals surface area contributed by atoms with Crippen LogP contribution >= 0.6 is 11.8 Å². The summed E-state index contributed by atoms with van der Waals surface area (Å²) in [5.74, 6) is -0.290. The number of nitrogens with one attached hydrogen (secondary N) is 1. The summed E-state index contributed by atoms with van der Waals surface area (Å²) in [6.07, 6.45) is 2.91. The second-order valence-electron chi connectivity index (χ2n) is 11.0. The topological polar surface area (TPSA) is 160 Å². The number of hydrogen-bond donors (Lipinski definition) is 7. The summed E-state index contributed by atoms with van der Waals surface area (Å²) in [6.45, 7) is 0.476. The maximum absolute atomic E-state index is 12.1. The van der Waals surface area contributed by atoms with Crippen LogP contribution in [-0.2, 0) is 22.4 Å². The van der Waals surface area contributed by atoms with Crippen LogP contribution in [0.25, 0.3) is 0 Å². The van der Waals surface area contributed by atoms with E-state index in [1.807, 2.05) is 25.1 Å². The Hall–Kier alpha value is -2.02. The standard InChI is InChI=1S/C31H45NO8S/c1-20-9-14-23(29-27(38)26(37)28(39)30(40-29)41-2)16-24(20)15-22-12-10-21(11-13-22)7-5-3-4-6-8-25(36)32-31(17-33,18-34)19-35/h9-14,16,26-30,33-35,37-39H,3-8,15,17-19H2,1-2H3,(H,32,36)/t26-,27-,28+,29+,30-/m1/s1. The molecule has 0 saturated carbocycles. The molecule has 1 saturated heterocycles. The molecule has 3 rings (SSSR count). The zero-order valence-electron chi connectivity index (χ0n) is 23.9. The molecule has 1 fully saturated rings. The average Bonchev–Trinajstić information content (AvgIpc) is 2.98. The van der Waals surface area contributed by atoms with E-state index in [4.69, 9.17) is 4.74 Å². The quantitative estimate of drug-likeness (QED) is 0.153. The number of unbranched alkanes of at least 4 members (excludes halogenated alkanes) is 3. The van der Waals surface area contributed by atoms with Crippen molar-refractivity contribution in [1.82, 2.24) is 5.32 Å². The van der Waals surface area contributed by atoms with Gasteiger partial charge in [-0.25, -0.2) is 0 Å². The third-order valence-corrected chi connectivity index (χ3v) is 8.71. The number of rotatable bonds is 15. The highest BCUT2D eigenvalue weighted by molar-refractivity contribution is 7.99. The Morgan fingerprint density at radius 2 is 1.51 bits per heavy atom. The SMILES string of the molecule is CS[C@H]1O[C@@H](c2ccc(C)c(Cc3ccc(CCCCCCC(=O)NC(CO)(CO)CO)cc3)c2)[C@H](O)[C@@H](O)[C@@H]1O. The number of carbonyl (C=O) groups excluding carboxylic acids is 1. The summed E-state index contributed by atoms with van der Waals surface area (Å²) < 4.78 is 5.94. The summed E-state index contributed by atoms with van der Waals surface area (Å²) in [5, 5.41) is 61.5. The van der Waals surface area contributed by atoms with Gasteiger partial charge < -0.3 is 40.7 Å². The highest BCUT2D eigenvalue weighted by atomic mass is 32.2. The van der Waals surface area contributed by atoms with Crippen LogP contribution < -0.4 is 5.32 Å². The highest BCUT2D eigenvalue weighted by Crippen LogP contribution is 2.36. The first-order valence-corrected chi connectivity index (χ1v) is 15.5. The number of amides is 1. The van der Waals surface area contributed by atoms with E-state index in [0.29, 0.717) is 12.8 Å². The Labute approximate surface area is 246 Å². The molecule has 1 heterocycles. The molecular formula is C31H45NO8S. The van der Waals surface area contributed by atoms with Gasteiger partial charge in [-0.05, 0) is 66.7 Å². The first-order chi connectivity index (χ1) is 19.7. The van der Waals surface area contributed by atoms with Gasteiger partial charge in [-0.3, -0.25) is 4.79 Å². The molecule has 2 aromatic carbocycles. The fourth-order valence-electron chi connectivity index (χ4n) is 5.02. The van der Waals surface area contributed by atoms with Crippen LogP contribution in [0.4, 0.5) is 0 Å². The van der Waals surface area contributed by atoms with E-state index >= 15 is 0 Å². The Kier molecular flexibility index (Phi) is 13.1. The van der Waals surface area contributed by atoms with Gasteiger partial charge in [-0.1, -0.05) is 55.3 Å². The number of carbonyl (C=O) groups is 1. The zero-order valence-corrected chi connectivity index (χ0v) is 24.7. The normalized spacial score (nSPS) is 23.0. The molecule has 0 aliphatic carbocycles. The molecule has 9 nitrogen and oxygen atoms in total. The van der Waals surface area contributed by atoms with Crippen LogP contribution in [0.2, 0.25) is 0 Å². The first kappa shape index (κ1) is 33.5. The van der Waals surface area contributed by atoms with Crippen molar-refractivity contribution in [3.05, 3.63) is 70.3 Å². The van der Waals surface area contributed by atoms with Crippen LogP contribution in [0.3, 0.4) is 0 Å². The van der Waals surface area contributed by atoms with Gasteiger partial charge in [0.1, 0.15) is 35.4 Å². The first-order valence-electron chi connectivity index (χ1n) is 14.2. The minimum absolute atomic E-state index is 0.281. The molecule has 2 aromatic rings. The van der Waals surface area contributed by atoms with E-state index in [-0.39, 0.29) is 12.3 Å². The van der Waals surface area contributed by atoms with Gasteiger partial charge in [0.15, 0.2) is 0 Å². The average molecular weight is 592 g/mol. The molecule has 0 unspecified atom stereocenters. The lowest BCUT2D eigenvalue weighted by molar-refractivity contribution is -0.200. The smallest absolute Gasteiger partial charge is 0.220 e. The molecule has 7 N–H and O–H groups in total. The van der Waals surface area contributed by atoms with Crippen molar-refractivity contribution in [2.75, 3.05) is 26.1 Å². The van der Waals surface area contributed by atoms with E-state index in [9.17, 15) is 35.4 Å². The number of aliphatic hydroxyl groups excluding tert-OH is 6. The summed E-state index contributed by atoms with van der Waals surface area (Å²) >= 11 is 1.30. The van der Waals surface area contributed by atoms with Gasteiger partial charge in [0.05, 0.1) is 19.8 Å². The lowest BCUT2D eigenvalue weighted by Crippen LogP contribution is -2.57. The highest BCUT2D eigenvalue weighted by Gasteiger charge is 2.44. The van der Waals surface area contributed by atoms with E-state index in [1.54, 1.807) is 6.26 Å². The van der Waals surface area contributed by atoms with Gasteiger partial charge in [-0.15, -0.1) is 11.8 Å². The van der Waals surface area contributed by atoms with Crippen LogP contribution in [0.5, 0.6) is 0 Å². The molecule has 5 atom stereocenters. The molecule has 1 amide bonds. The second-order valence-corrected chi connectivity index (χ2v) is 12.0. The molecule has 0 radical (unpaired) electrons. The lowest BCUT2D eigenvalue weighted by Gasteiger charge is -2.40. The molecule has 10 heteroatoms. The Bertz CT molecular complexity index is 1080. The molecule has 0 bridgehead atoms. The van der Waals surface area contributed by atoms with Crippen LogP contribution in [-0.4, -0.2) is 91.9 Å². The maximum atomic E-state index is 12.1. The minimum Gasteiger partial charge on any atom is -0.394 e. The van der Waals surface area contributed by atoms with Crippen LogP contribution in [0.1, 0.15) is 66.0 Å². The summed E-state index contributed by atoms with van der Waals surface area (Å²) in [7, 11) is 0. The molecule has 1 aliphatic rings. The van der Waals surface area contributed by atoms with E-state index < -0.39 is 55.2 Å². The number of thioether (sulfide) groups is 1. The van der Waals surface area contributed by atoms with Crippen LogP contribution in [0.15, 0.2) is 42.5 Å². The molecule has 228 valence electrons. The lowest BCUT2D eigenvalue weighted by atomic mass is 9.91. The Balaban J connectivity index is 1.47.